The normalized spacial score (nSPS) is 24.6. The second kappa shape index (κ2) is 5.79. The molecule has 2 unspecified atom stereocenters. The van der Waals surface area contributed by atoms with Gasteiger partial charge in [-0.1, -0.05) is 32.0 Å². The number of hydrogen-bond acceptors (Lipinski definition) is 2. The van der Waals surface area contributed by atoms with E-state index in [0.29, 0.717) is 18.7 Å². The molecular formula is C16H20F3NO. The molecule has 0 spiro atoms. The van der Waals surface area contributed by atoms with Crippen LogP contribution in [0.15, 0.2) is 24.3 Å². The van der Waals surface area contributed by atoms with Gasteiger partial charge in [-0.2, -0.15) is 13.2 Å². The minimum Gasteiger partial charge on any atom is -0.305 e. The number of alkyl halides is 3. The molecule has 2 nitrogen and oxygen atoms in total. The van der Waals surface area contributed by atoms with Crippen molar-refractivity contribution in [3.05, 3.63) is 35.4 Å². The lowest BCUT2D eigenvalue weighted by molar-refractivity contribution is -0.138. The molecule has 1 aliphatic rings. The molecule has 0 aliphatic carbocycles. The van der Waals surface area contributed by atoms with Crippen molar-refractivity contribution >= 4 is 5.78 Å². The van der Waals surface area contributed by atoms with Gasteiger partial charge in [-0.15, -0.1) is 0 Å². The lowest BCUT2D eigenvalue weighted by Gasteiger charge is -2.36. The Bertz CT molecular complexity index is 524. The monoisotopic (exact) mass is 299 g/mol. The number of benzene rings is 1. The molecule has 1 aromatic carbocycles. The van der Waals surface area contributed by atoms with Crippen LogP contribution in [0.3, 0.4) is 0 Å². The summed E-state index contributed by atoms with van der Waals surface area (Å²) in [6.45, 7) is 5.10. The van der Waals surface area contributed by atoms with Crippen molar-refractivity contribution in [2.75, 3.05) is 20.1 Å². The van der Waals surface area contributed by atoms with E-state index in [9.17, 15) is 18.0 Å². The van der Waals surface area contributed by atoms with Crippen LogP contribution in [0.5, 0.6) is 0 Å². The van der Waals surface area contributed by atoms with E-state index in [2.05, 4.69) is 0 Å². The molecule has 0 bridgehead atoms. The maximum absolute atomic E-state index is 12.8. The molecule has 21 heavy (non-hydrogen) atoms. The smallest absolute Gasteiger partial charge is 0.305 e. The second-order valence-corrected chi connectivity index (χ2v) is 6.15. The van der Waals surface area contributed by atoms with Gasteiger partial charge in [-0.25, -0.2) is 0 Å². The highest BCUT2D eigenvalue weighted by Crippen LogP contribution is 2.34. The first-order valence-corrected chi connectivity index (χ1v) is 7.09. The van der Waals surface area contributed by atoms with Crippen LogP contribution in [0.25, 0.3) is 0 Å². The number of piperidine rings is 1. The third kappa shape index (κ3) is 3.46. The van der Waals surface area contributed by atoms with Gasteiger partial charge in [-0.05, 0) is 24.6 Å². The van der Waals surface area contributed by atoms with Gasteiger partial charge in [0.25, 0.3) is 0 Å². The number of carbonyl (C=O) groups is 1. The minimum atomic E-state index is -4.38. The van der Waals surface area contributed by atoms with Crippen molar-refractivity contribution in [1.29, 1.82) is 0 Å². The maximum Gasteiger partial charge on any atom is 0.416 e. The van der Waals surface area contributed by atoms with E-state index in [1.165, 1.54) is 6.07 Å². The molecule has 0 N–H and O–H groups in total. The summed E-state index contributed by atoms with van der Waals surface area (Å²) in [6, 6.07) is 5.15. The van der Waals surface area contributed by atoms with Crippen molar-refractivity contribution in [2.24, 2.45) is 11.8 Å². The number of Topliss-reactive ketones (excluding diaryl/α,β-unsaturated/α-hetero) is 1. The molecule has 116 valence electrons. The standard InChI is InChI=1S/C16H20F3NO/c1-10(2)13-8-20(3)9-14(15(13)21)11-5-4-6-12(7-11)16(17,18)19/h4-7,10,13-14H,8-9H2,1-3H3. The van der Waals surface area contributed by atoms with Gasteiger partial charge in [-0.3, -0.25) is 4.79 Å². The molecule has 1 fully saturated rings. The zero-order valence-electron chi connectivity index (χ0n) is 12.4. The summed E-state index contributed by atoms with van der Waals surface area (Å²) >= 11 is 0. The lowest BCUT2D eigenvalue weighted by atomic mass is 9.78. The van der Waals surface area contributed by atoms with Crippen LogP contribution >= 0.6 is 0 Å². The first-order chi connectivity index (χ1) is 9.70. The maximum atomic E-state index is 12.8. The van der Waals surface area contributed by atoms with Crippen molar-refractivity contribution < 1.29 is 18.0 Å². The quantitative estimate of drug-likeness (QED) is 0.832. The predicted octanol–water partition coefficient (Wildman–Crippen LogP) is 3.58. The van der Waals surface area contributed by atoms with Crippen molar-refractivity contribution in [3.8, 4) is 0 Å². The fourth-order valence-electron chi connectivity index (χ4n) is 2.90. The Kier molecular flexibility index (Phi) is 4.42. The fourth-order valence-corrected chi connectivity index (χ4v) is 2.90. The van der Waals surface area contributed by atoms with E-state index < -0.39 is 17.7 Å². The lowest BCUT2D eigenvalue weighted by Crippen LogP contribution is -2.45. The van der Waals surface area contributed by atoms with Crippen LogP contribution < -0.4 is 0 Å². The van der Waals surface area contributed by atoms with E-state index in [1.54, 1.807) is 6.07 Å². The Balaban J connectivity index is 2.34. The number of nitrogens with zero attached hydrogens (tertiary/aromatic N) is 1. The summed E-state index contributed by atoms with van der Waals surface area (Å²) in [4.78, 5) is 14.6. The third-order valence-electron chi connectivity index (χ3n) is 4.13. The summed E-state index contributed by atoms with van der Waals surface area (Å²) < 4.78 is 38.5. The van der Waals surface area contributed by atoms with Gasteiger partial charge in [0.2, 0.25) is 0 Å². The molecule has 2 rings (SSSR count). The Morgan fingerprint density at radius 2 is 1.90 bits per heavy atom. The molecule has 0 amide bonds. The Hall–Kier alpha value is -1.36. The fraction of sp³-hybridized carbons (Fsp3) is 0.562. The summed E-state index contributed by atoms with van der Waals surface area (Å²) in [6.07, 6.45) is -4.38. The van der Waals surface area contributed by atoms with Crippen LogP contribution in [0.1, 0.15) is 30.9 Å². The summed E-state index contributed by atoms with van der Waals surface area (Å²) in [7, 11) is 1.91. The number of hydrogen-bond donors (Lipinski definition) is 0. The highest BCUT2D eigenvalue weighted by molar-refractivity contribution is 5.89. The first kappa shape index (κ1) is 16.0. The van der Waals surface area contributed by atoms with Gasteiger partial charge in [0.15, 0.2) is 0 Å². The number of carbonyl (C=O) groups excluding carboxylic acids is 1. The van der Waals surface area contributed by atoms with E-state index in [-0.39, 0.29) is 17.6 Å². The Labute approximate surface area is 122 Å². The molecule has 1 heterocycles. The summed E-state index contributed by atoms with van der Waals surface area (Å²) in [5.74, 6) is -0.349. The molecule has 1 aromatic rings. The average Bonchev–Trinajstić information content (AvgIpc) is 2.40. The third-order valence-corrected chi connectivity index (χ3v) is 4.13. The van der Waals surface area contributed by atoms with Crippen LogP contribution in [0, 0.1) is 11.8 Å². The van der Waals surface area contributed by atoms with Gasteiger partial charge < -0.3 is 4.90 Å². The van der Waals surface area contributed by atoms with Crippen LogP contribution in [0.4, 0.5) is 13.2 Å². The van der Waals surface area contributed by atoms with Gasteiger partial charge in [0.05, 0.1) is 11.5 Å². The van der Waals surface area contributed by atoms with Crippen molar-refractivity contribution in [2.45, 2.75) is 25.9 Å². The van der Waals surface area contributed by atoms with Crippen LogP contribution in [-0.4, -0.2) is 30.8 Å². The first-order valence-electron chi connectivity index (χ1n) is 7.09. The number of likely N-dealkylation sites (tertiary alicyclic amines) is 1. The highest BCUT2D eigenvalue weighted by Gasteiger charge is 2.37. The zero-order chi connectivity index (χ0) is 15.8. The molecule has 0 aromatic heterocycles. The summed E-state index contributed by atoms with van der Waals surface area (Å²) in [5.41, 5.74) is -0.228. The van der Waals surface area contributed by atoms with Crippen molar-refractivity contribution in [3.63, 3.8) is 0 Å². The SMILES string of the molecule is CC(C)C1CN(C)CC(c2cccc(C(F)(F)F)c2)C1=O. The van der Waals surface area contributed by atoms with Crippen LogP contribution in [-0.2, 0) is 11.0 Å². The van der Waals surface area contributed by atoms with E-state index in [1.807, 2.05) is 25.8 Å². The zero-order valence-corrected chi connectivity index (χ0v) is 12.4. The molecule has 5 heteroatoms. The molecular weight excluding hydrogens is 279 g/mol. The second-order valence-electron chi connectivity index (χ2n) is 6.15. The van der Waals surface area contributed by atoms with E-state index in [0.717, 1.165) is 12.1 Å². The number of rotatable bonds is 2. The largest absolute Gasteiger partial charge is 0.416 e. The number of likely N-dealkylation sites (N-methyl/N-ethyl adjacent to an activating group) is 1. The number of halogens is 3. The van der Waals surface area contributed by atoms with Crippen LogP contribution in [0.2, 0.25) is 0 Å². The van der Waals surface area contributed by atoms with E-state index >= 15 is 0 Å². The Morgan fingerprint density at radius 3 is 2.48 bits per heavy atom. The highest BCUT2D eigenvalue weighted by atomic mass is 19.4. The minimum absolute atomic E-state index is 0.0578. The molecule has 0 saturated carbocycles. The molecule has 1 aliphatic heterocycles. The summed E-state index contributed by atoms with van der Waals surface area (Å²) in [5, 5.41) is 0. The van der Waals surface area contributed by atoms with Gasteiger partial charge in [0, 0.05) is 19.0 Å². The van der Waals surface area contributed by atoms with Crippen molar-refractivity contribution in [1.82, 2.24) is 4.90 Å². The Morgan fingerprint density at radius 1 is 1.24 bits per heavy atom. The molecule has 0 radical (unpaired) electrons. The molecule has 2 atom stereocenters. The average molecular weight is 299 g/mol. The number of ketones is 1. The van der Waals surface area contributed by atoms with Gasteiger partial charge in [0.1, 0.15) is 5.78 Å². The van der Waals surface area contributed by atoms with Gasteiger partial charge >= 0.3 is 6.18 Å². The predicted molar refractivity (Wildman–Crippen MR) is 75.0 cm³/mol. The molecule has 1 saturated heterocycles. The topological polar surface area (TPSA) is 20.3 Å². The van der Waals surface area contributed by atoms with E-state index in [4.69, 9.17) is 0 Å².